The van der Waals surface area contributed by atoms with Crippen LogP contribution in [0.3, 0.4) is 0 Å². The fourth-order valence-electron chi connectivity index (χ4n) is 1.73. The third-order valence-corrected chi connectivity index (χ3v) is 3.74. The number of anilines is 1. The van der Waals surface area contributed by atoms with Crippen molar-refractivity contribution in [3.8, 4) is 0 Å². The molecule has 2 nitrogen and oxygen atoms in total. The van der Waals surface area contributed by atoms with Crippen LogP contribution in [0, 0.1) is 5.82 Å². The van der Waals surface area contributed by atoms with Gasteiger partial charge in [0, 0.05) is 25.5 Å². The van der Waals surface area contributed by atoms with E-state index in [1.807, 2.05) is 59.7 Å². The van der Waals surface area contributed by atoms with E-state index in [1.54, 1.807) is 24.3 Å². The molecule has 0 bridgehead atoms. The lowest BCUT2D eigenvalue weighted by Gasteiger charge is -2.11. The molecule has 1 aromatic rings. The summed E-state index contributed by atoms with van der Waals surface area (Å²) in [5, 5.41) is 0.824. The van der Waals surface area contributed by atoms with E-state index in [9.17, 15) is 4.39 Å². The summed E-state index contributed by atoms with van der Waals surface area (Å²) in [6, 6.07) is 4.96. The quantitative estimate of drug-likeness (QED) is 0.270. The number of nitrogens with two attached hydrogens (primary N) is 1. The molecule has 0 spiro atoms. The number of nitrogen functional groups attached to an aromatic ring is 1. The Morgan fingerprint density at radius 3 is 2.16 bits per heavy atom. The number of hydrogen-bond donors (Lipinski definition) is 1. The summed E-state index contributed by atoms with van der Waals surface area (Å²) in [6.07, 6.45) is 5.37. The van der Waals surface area contributed by atoms with Crippen molar-refractivity contribution in [3.63, 3.8) is 0 Å². The van der Waals surface area contributed by atoms with Crippen LogP contribution in [0.15, 0.2) is 47.2 Å². The molecule has 0 saturated carbocycles. The first-order chi connectivity index (χ1) is 11.8. The fourth-order valence-corrected chi connectivity index (χ4v) is 1.82. The maximum atomic E-state index is 13.6. The second-order valence-corrected chi connectivity index (χ2v) is 5.86. The molecule has 0 unspecified atom stereocenters. The van der Waals surface area contributed by atoms with Gasteiger partial charge in [-0.1, -0.05) is 55.8 Å². The first-order valence-corrected chi connectivity index (χ1v) is 9.10. The molecule has 142 valence electrons. The molecular weight excluding hydrogens is 358 g/mol. The SMILES string of the molecule is C/C=C(\C=C/CCl)c1cccc(N)c1F.CC.CC(C)=C(Cl)N(C)C. The van der Waals surface area contributed by atoms with Gasteiger partial charge < -0.3 is 10.6 Å². The van der Waals surface area contributed by atoms with Gasteiger partial charge in [0.2, 0.25) is 0 Å². The van der Waals surface area contributed by atoms with Crippen molar-refractivity contribution in [2.24, 2.45) is 0 Å². The van der Waals surface area contributed by atoms with Gasteiger partial charge in [-0.3, -0.25) is 0 Å². The van der Waals surface area contributed by atoms with Crippen LogP contribution in [0.4, 0.5) is 10.1 Å². The van der Waals surface area contributed by atoms with Crippen molar-refractivity contribution in [2.75, 3.05) is 25.7 Å². The molecule has 2 N–H and O–H groups in total. The maximum absolute atomic E-state index is 13.6. The molecule has 0 atom stereocenters. The van der Waals surface area contributed by atoms with Crippen LogP contribution in [0.2, 0.25) is 0 Å². The minimum atomic E-state index is -0.384. The van der Waals surface area contributed by atoms with Crippen molar-refractivity contribution in [2.45, 2.75) is 34.6 Å². The van der Waals surface area contributed by atoms with Crippen LogP contribution >= 0.6 is 23.2 Å². The second kappa shape index (κ2) is 14.9. The van der Waals surface area contributed by atoms with Gasteiger partial charge >= 0.3 is 0 Å². The number of alkyl halides is 1. The Balaban J connectivity index is 0. The predicted octanol–water partition coefficient (Wildman–Crippen LogP) is 6.67. The molecule has 25 heavy (non-hydrogen) atoms. The molecule has 0 aromatic heterocycles. The van der Waals surface area contributed by atoms with E-state index in [0.29, 0.717) is 11.4 Å². The molecular formula is C20H31Cl2FN2. The van der Waals surface area contributed by atoms with Crippen molar-refractivity contribution in [3.05, 3.63) is 58.5 Å². The zero-order chi connectivity index (χ0) is 20.0. The van der Waals surface area contributed by atoms with Gasteiger partial charge in [-0.25, -0.2) is 4.39 Å². The van der Waals surface area contributed by atoms with Gasteiger partial charge in [0.15, 0.2) is 5.82 Å². The molecule has 0 amide bonds. The number of nitrogens with zero attached hydrogens (tertiary/aromatic N) is 1. The second-order valence-electron chi connectivity index (χ2n) is 5.19. The lowest BCUT2D eigenvalue weighted by Crippen LogP contribution is -2.07. The lowest BCUT2D eigenvalue weighted by molar-refractivity contribution is 0.541. The average Bonchev–Trinajstić information content (AvgIpc) is 2.60. The number of halogens is 3. The zero-order valence-electron chi connectivity index (χ0n) is 16.3. The van der Waals surface area contributed by atoms with E-state index in [4.69, 9.17) is 28.9 Å². The lowest BCUT2D eigenvalue weighted by atomic mass is 10.0. The smallest absolute Gasteiger partial charge is 0.153 e. The van der Waals surface area contributed by atoms with E-state index in [2.05, 4.69) is 0 Å². The molecule has 0 heterocycles. The normalized spacial score (nSPS) is 10.4. The third kappa shape index (κ3) is 10.2. The Hall–Kier alpha value is -1.45. The van der Waals surface area contributed by atoms with E-state index in [-0.39, 0.29) is 11.5 Å². The van der Waals surface area contributed by atoms with Gasteiger partial charge in [-0.05, 0) is 38.0 Å². The van der Waals surface area contributed by atoms with Gasteiger partial charge in [-0.2, -0.15) is 0 Å². The highest BCUT2D eigenvalue weighted by molar-refractivity contribution is 6.29. The zero-order valence-corrected chi connectivity index (χ0v) is 17.8. The van der Waals surface area contributed by atoms with E-state index in [0.717, 1.165) is 16.3 Å². The van der Waals surface area contributed by atoms with Crippen LogP contribution in [-0.4, -0.2) is 24.9 Å². The number of allylic oxidation sites excluding steroid dienone is 5. The molecule has 0 aliphatic heterocycles. The highest BCUT2D eigenvalue weighted by atomic mass is 35.5. The van der Waals surface area contributed by atoms with Crippen LogP contribution < -0.4 is 5.73 Å². The largest absolute Gasteiger partial charge is 0.396 e. The molecule has 0 aliphatic rings. The van der Waals surface area contributed by atoms with Crippen LogP contribution in [0.1, 0.15) is 40.2 Å². The molecule has 0 fully saturated rings. The Morgan fingerprint density at radius 2 is 1.80 bits per heavy atom. The van der Waals surface area contributed by atoms with E-state index in [1.165, 1.54) is 6.07 Å². The van der Waals surface area contributed by atoms with Gasteiger partial charge in [0.05, 0.1) is 5.69 Å². The van der Waals surface area contributed by atoms with Gasteiger partial charge in [-0.15, -0.1) is 11.6 Å². The predicted molar refractivity (Wildman–Crippen MR) is 114 cm³/mol. The Morgan fingerprint density at radius 1 is 1.24 bits per heavy atom. The maximum Gasteiger partial charge on any atom is 0.153 e. The van der Waals surface area contributed by atoms with E-state index >= 15 is 0 Å². The molecule has 0 radical (unpaired) electrons. The van der Waals surface area contributed by atoms with Crippen LogP contribution in [0.5, 0.6) is 0 Å². The molecule has 5 heteroatoms. The summed E-state index contributed by atoms with van der Waals surface area (Å²) < 4.78 is 13.6. The average molecular weight is 389 g/mol. The highest BCUT2D eigenvalue weighted by Gasteiger charge is 2.06. The molecule has 1 rings (SSSR count). The van der Waals surface area contributed by atoms with E-state index < -0.39 is 0 Å². The highest BCUT2D eigenvalue weighted by Crippen LogP contribution is 2.23. The fraction of sp³-hybridized carbons (Fsp3) is 0.400. The number of rotatable bonds is 4. The summed E-state index contributed by atoms with van der Waals surface area (Å²) in [6.45, 7) is 9.82. The van der Waals surface area contributed by atoms with Gasteiger partial charge in [0.25, 0.3) is 0 Å². The first kappa shape index (κ1) is 25.8. The number of benzene rings is 1. The molecule has 1 aromatic carbocycles. The summed E-state index contributed by atoms with van der Waals surface area (Å²) in [5.41, 5.74) is 8.07. The summed E-state index contributed by atoms with van der Waals surface area (Å²) in [4.78, 5) is 1.89. The minimum absolute atomic E-state index is 0.158. The number of hydrogen-bond acceptors (Lipinski definition) is 2. The molecule has 0 saturated heterocycles. The summed E-state index contributed by atoms with van der Waals surface area (Å²) in [5.74, 6) is 0.0196. The standard InChI is InChI=1S/C12H13ClFN.C6H12ClN.C2H6/c1-2-9(5-4-8-13)10-6-3-7-11(15)12(10)14;1-5(2)6(7)8(3)4;1-2/h2-7H,8,15H2,1H3;1-4H3;1-2H3/b5-4-,9-2+;;. The van der Waals surface area contributed by atoms with Crippen molar-refractivity contribution >= 4 is 34.5 Å². The summed E-state index contributed by atoms with van der Waals surface area (Å²) >= 11 is 11.3. The van der Waals surface area contributed by atoms with Gasteiger partial charge in [0.1, 0.15) is 5.16 Å². The minimum Gasteiger partial charge on any atom is -0.396 e. The van der Waals surface area contributed by atoms with Crippen molar-refractivity contribution in [1.29, 1.82) is 0 Å². The van der Waals surface area contributed by atoms with Crippen LogP contribution in [-0.2, 0) is 0 Å². The van der Waals surface area contributed by atoms with Crippen LogP contribution in [0.25, 0.3) is 5.57 Å². The Labute approximate surface area is 162 Å². The Kier molecular flexibility index (Phi) is 15.3. The monoisotopic (exact) mass is 388 g/mol. The topological polar surface area (TPSA) is 29.3 Å². The first-order valence-electron chi connectivity index (χ1n) is 8.19. The van der Waals surface area contributed by atoms with Crippen molar-refractivity contribution < 1.29 is 4.39 Å². The van der Waals surface area contributed by atoms with Crippen molar-refractivity contribution in [1.82, 2.24) is 4.90 Å². The molecule has 0 aliphatic carbocycles. The summed E-state index contributed by atoms with van der Waals surface area (Å²) in [7, 11) is 3.85. The Bertz CT molecular complexity index is 587. The third-order valence-electron chi connectivity index (χ3n) is 2.84.